The van der Waals surface area contributed by atoms with E-state index in [2.05, 4.69) is 0 Å². The molecule has 1 aliphatic heterocycles. The van der Waals surface area contributed by atoms with Crippen LogP contribution in [-0.4, -0.2) is 55.6 Å². The van der Waals surface area contributed by atoms with Crippen molar-refractivity contribution in [2.75, 3.05) is 34.0 Å². The van der Waals surface area contributed by atoms with Crippen molar-refractivity contribution >= 4 is 9.52 Å². The second-order valence-corrected chi connectivity index (χ2v) is 6.29. The second-order valence-electron chi connectivity index (χ2n) is 4.91. The fraction of sp³-hybridized carbons (Fsp3) is 1.00. The molecule has 0 amide bonds. The van der Waals surface area contributed by atoms with Crippen LogP contribution in [0, 0.1) is 0 Å². The SMILES string of the molecule is COC(OC)[Si]CCCCCCCCOCC1CO1. The van der Waals surface area contributed by atoms with Gasteiger partial charge in [0.25, 0.3) is 0 Å². The van der Waals surface area contributed by atoms with Gasteiger partial charge in [0.05, 0.1) is 13.2 Å². The number of epoxide rings is 1. The van der Waals surface area contributed by atoms with Crippen molar-refractivity contribution in [3.05, 3.63) is 0 Å². The monoisotopic (exact) mass is 288 g/mol. The zero-order valence-electron chi connectivity index (χ0n) is 12.4. The van der Waals surface area contributed by atoms with Crippen LogP contribution in [0.2, 0.25) is 6.04 Å². The van der Waals surface area contributed by atoms with Crippen molar-refractivity contribution in [2.24, 2.45) is 0 Å². The molecule has 0 saturated carbocycles. The van der Waals surface area contributed by atoms with E-state index in [1.165, 1.54) is 44.6 Å². The van der Waals surface area contributed by atoms with Crippen LogP contribution < -0.4 is 0 Å². The molecular weight excluding hydrogens is 260 g/mol. The predicted octanol–water partition coefficient (Wildman–Crippen LogP) is 2.44. The van der Waals surface area contributed by atoms with Crippen molar-refractivity contribution in [1.82, 2.24) is 0 Å². The molecule has 4 nitrogen and oxygen atoms in total. The maximum atomic E-state index is 5.50. The molecule has 1 rings (SSSR count). The summed E-state index contributed by atoms with van der Waals surface area (Å²) in [5.74, 6) is 0.00703. The minimum absolute atomic E-state index is 0.00703. The molecule has 1 atom stereocenters. The van der Waals surface area contributed by atoms with Gasteiger partial charge in [-0.2, -0.15) is 0 Å². The Morgan fingerprint density at radius 2 is 1.68 bits per heavy atom. The first kappa shape index (κ1) is 17.1. The van der Waals surface area contributed by atoms with Gasteiger partial charge >= 0.3 is 0 Å². The molecule has 1 saturated heterocycles. The molecule has 1 heterocycles. The summed E-state index contributed by atoms with van der Waals surface area (Å²) in [4.78, 5) is 0. The number of rotatable bonds is 14. The molecule has 1 fully saturated rings. The van der Waals surface area contributed by atoms with Gasteiger partial charge < -0.3 is 18.9 Å². The molecule has 0 aromatic carbocycles. The number of hydrogen-bond acceptors (Lipinski definition) is 4. The lowest BCUT2D eigenvalue weighted by atomic mass is 10.1. The number of methoxy groups -OCH3 is 2. The highest BCUT2D eigenvalue weighted by Crippen LogP contribution is 2.10. The molecule has 0 aliphatic carbocycles. The molecule has 112 valence electrons. The lowest BCUT2D eigenvalue weighted by molar-refractivity contribution is -0.0441. The molecule has 0 spiro atoms. The van der Waals surface area contributed by atoms with Gasteiger partial charge in [-0.15, -0.1) is 0 Å². The zero-order chi connectivity index (χ0) is 13.8. The van der Waals surface area contributed by atoms with Gasteiger partial charge in [-0.05, 0) is 6.42 Å². The van der Waals surface area contributed by atoms with Gasteiger partial charge in [0, 0.05) is 20.8 Å². The van der Waals surface area contributed by atoms with E-state index >= 15 is 0 Å². The Kier molecular flexibility index (Phi) is 10.7. The van der Waals surface area contributed by atoms with Crippen LogP contribution in [-0.2, 0) is 18.9 Å². The van der Waals surface area contributed by atoms with Gasteiger partial charge in [-0.3, -0.25) is 0 Å². The maximum absolute atomic E-state index is 5.50. The third kappa shape index (κ3) is 10.5. The summed E-state index contributed by atoms with van der Waals surface area (Å²) in [6, 6.07) is 1.22. The fourth-order valence-electron chi connectivity index (χ4n) is 1.90. The number of ether oxygens (including phenoxy) is 4. The first-order valence-corrected chi connectivity index (χ1v) is 8.63. The molecule has 0 aromatic rings. The summed E-state index contributed by atoms with van der Waals surface area (Å²) in [5.41, 5.74) is 0. The Balaban J connectivity index is 1.68. The molecule has 2 radical (unpaired) electrons. The molecular formula is C14H28O4Si. The number of unbranched alkanes of at least 4 members (excludes halogenated alkanes) is 5. The van der Waals surface area contributed by atoms with Crippen molar-refractivity contribution in [2.45, 2.75) is 56.6 Å². The molecule has 0 N–H and O–H groups in total. The molecule has 0 aromatic heterocycles. The van der Waals surface area contributed by atoms with Gasteiger partial charge in [0.1, 0.15) is 21.5 Å². The van der Waals surface area contributed by atoms with Crippen molar-refractivity contribution < 1.29 is 18.9 Å². The van der Waals surface area contributed by atoms with Crippen LogP contribution in [0.15, 0.2) is 0 Å². The van der Waals surface area contributed by atoms with E-state index in [0.717, 1.165) is 29.3 Å². The standard InChI is InChI=1S/C14H28O4Si/c1-15-14(16-2)19-10-8-6-4-3-5-7-9-17-11-13-12-18-13/h13-14H,3-12H2,1-2H3. The van der Waals surface area contributed by atoms with Crippen LogP contribution >= 0.6 is 0 Å². The minimum atomic E-state index is 0.00703. The summed E-state index contributed by atoms with van der Waals surface area (Å²) in [6.45, 7) is 2.58. The van der Waals surface area contributed by atoms with Crippen LogP contribution in [0.3, 0.4) is 0 Å². The zero-order valence-corrected chi connectivity index (χ0v) is 13.4. The van der Waals surface area contributed by atoms with E-state index in [1.807, 2.05) is 0 Å². The highest BCUT2D eigenvalue weighted by molar-refractivity contribution is 6.36. The molecule has 5 heteroatoms. The lowest BCUT2D eigenvalue weighted by Crippen LogP contribution is -2.20. The third-order valence-corrected chi connectivity index (χ3v) is 4.61. The molecule has 1 aliphatic rings. The van der Waals surface area contributed by atoms with E-state index in [1.54, 1.807) is 14.2 Å². The largest absolute Gasteiger partial charge is 0.379 e. The Labute approximate surface area is 120 Å². The van der Waals surface area contributed by atoms with Gasteiger partial charge in [-0.1, -0.05) is 38.1 Å². The third-order valence-electron chi connectivity index (χ3n) is 3.16. The second kappa shape index (κ2) is 11.8. The summed E-state index contributed by atoms with van der Waals surface area (Å²) in [5, 5.41) is 0. The average Bonchev–Trinajstić information content (AvgIpc) is 3.24. The van der Waals surface area contributed by atoms with E-state index in [-0.39, 0.29) is 5.91 Å². The van der Waals surface area contributed by atoms with Crippen LogP contribution in [0.1, 0.15) is 38.5 Å². The first-order valence-electron chi connectivity index (χ1n) is 7.35. The van der Waals surface area contributed by atoms with Crippen molar-refractivity contribution in [3.63, 3.8) is 0 Å². The normalized spacial score (nSPS) is 18.2. The number of hydrogen-bond donors (Lipinski definition) is 0. The fourth-order valence-corrected chi connectivity index (χ4v) is 2.92. The lowest BCUT2D eigenvalue weighted by Gasteiger charge is -2.11. The Morgan fingerprint density at radius 1 is 1.05 bits per heavy atom. The predicted molar refractivity (Wildman–Crippen MR) is 76.6 cm³/mol. The van der Waals surface area contributed by atoms with Crippen molar-refractivity contribution in [3.8, 4) is 0 Å². The smallest absolute Gasteiger partial charge is 0.136 e. The first-order chi connectivity index (χ1) is 9.36. The van der Waals surface area contributed by atoms with E-state index in [4.69, 9.17) is 18.9 Å². The summed E-state index contributed by atoms with van der Waals surface area (Å²) < 4.78 is 20.9. The molecule has 19 heavy (non-hydrogen) atoms. The van der Waals surface area contributed by atoms with Gasteiger partial charge in [-0.25, -0.2) is 0 Å². The Morgan fingerprint density at radius 3 is 2.32 bits per heavy atom. The Bertz CT molecular complexity index is 196. The maximum Gasteiger partial charge on any atom is 0.136 e. The van der Waals surface area contributed by atoms with Crippen LogP contribution in [0.25, 0.3) is 0 Å². The van der Waals surface area contributed by atoms with Gasteiger partial charge in [0.2, 0.25) is 0 Å². The van der Waals surface area contributed by atoms with E-state index < -0.39 is 0 Å². The van der Waals surface area contributed by atoms with Crippen LogP contribution in [0.4, 0.5) is 0 Å². The minimum Gasteiger partial charge on any atom is -0.379 e. The van der Waals surface area contributed by atoms with Crippen LogP contribution in [0.5, 0.6) is 0 Å². The van der Waals surface area contributed by atoms with Gasteiger partial charge in [0.15, 0.2) is 0 Å². The van der Waals surface area contributed by atoms with E-state index in [0.29, 0.717) is 6.10 Å². The highest BCUT2D eigenvalue weighted by Gasteiger charge is 2.21. The van der Waals surface area contributed by atoms with Crippen molar-refractivity contribution in [1.29, 1.82) is 0 Å². The average molecular weight is 288 g/mol. The summed E-state index contributed by atoms with van der Waals surface area (Å²) >= 11 is 0. The molecule has 0 bridgehead atoms. The highest BCUT2D eigenvalue weighted by atomic mass is 28.2. The van der Waals surface area contributed by atoms with E-state index in [9.17, 15) is 0 Å². The summed E-state index contributed by atoms with van der Waals surface area (Å²) in [6.07, 6.45) is 8.15. The molecule has 1 unspecified atom stereocenters. The summed E-state index contributed by atoms with van der Waals surface area (Å²) in [7, 11) is 4.18. The topological polar surface area (TPSA) is 40.2 Å². The Hall–Kier alpha value is 0.0569. The quantitative estimate of drug-likeness (QED) is 0.213.